The number of unbranched alkanes of at least 4 members (excludes halogenated alkanes) is 25. The van der Waals surface area contributed by atoms with Crippen molar-refractivity contribution >= 4 is 19.8 Å². The number of likely N-dealkylation sites (N-methyl/N-ethyl adjacent to an activating group) is 1. The van der Waals surface area contributed by atoms with Gasteiger partial charge >= 0.3 is 19.8 Å². The van der Waals surface area contributed by atoms with E-state index in [2.05, 4.69) is 172 Å². The van der Waals surface area contributed by atoms with Gasteiger partial charge in [0.25, 0.3) is 0 Å². The van der Waals surface area contributed by atoms with Crippen LogP contribution < -0.4 is 0 Å². The van der Waals surface area contributed by atoms with Crippen LogP contribution in [0.25, 0.3) is 0 Å². The number of phosphoric acid groups is 1. The molecule has 2 unspecified atom stereocenters. The van der Waals surface area contributed by atoms with E-state index in [-0.39, 0.29) is 32.0 Å². The Bertz CT molecular complexity index is 2080. The summed E-state index contributed by atoms with van der Waals surface area (Å²) in [6.07, 6.45) is 104. The molecule has 0 rings (SSSR count). The molecule has 0 radical (unpaired) electrons. The fourth-order valence-electron chi connectivity index (χ4n) is 9.59. The smallest absolute Gasteiger partial charge is 0.462 e. The summed E-state index contributed by atoms with van der Waals surface area (Å²) in [6, 6.07) is 0. The van der Waals surface area contributed by atoms with Gasteiger partial charge in [-0.3, -0.25) is 18.6 Å². The van der Waals surface area contributed by atoms with Gasteiger partial charge in [-0.2, -0.15) is 0 Å². The molecule has 9 nitrogen and oxygen atoms in total. The third-order valence-electron chi connectivity index (χ3n) is 15.1. The number of hydrogen-bond donors (Lipinski definition) is 1. The lowest BCUT2D eigenvalue weighted by molar-refractivity contribution is -0.870. The van der Waals surface area contributed by atoms with E-state index in [0.29, 0.717) is 17.4 Å². The predicted molar refractivity (Wildman–Crippen MR) is 390 cm³/mol. The minimum atomic E-state index is -4.41. The lowest BCUT2D eigenvalue weighted by Gasteiger charge is -2.24. The van der Waals surface area contributed by atoms with Crippen molar-refractivity contribution in [2.24, 2.45) is 0 Å². The Labute approximate surface area is 554 Å². The maximum Gasteiger partial charge on any atom is 0.472 e. The Morgan fingerprint density at radius 2 is 0.600 bits per heavy atom. The summed E-state index contributed by atoms with van der Waals surface area (Å²) >= 11 is 0. The Morgan fingerprint density at radius 1 is 0.344 bits per heavy atom. The molecule has 0 aliphatic heterocycles. The van der Waals surface area contributed by atoms with E-state index in [9.17, 15) is 19.0 Å². The van der Waals surface area contributed by atoms with Crippen molar-refractivity contribution in [3.05, 3.63) is 158 Å². The standard InChI is InChI=1S/C80H134NO8P/c1-6-8-10-12-14-16-18-20-22-24-26-28-30-32-34-36-37-38-39-40-41-42-43-45-46-48-50-52-54-56-58-60-62-64-66-68-70-72-79(82)86-76-78(77-88-90(84,85)87-75-74-81(3,4)5)89-80(83)73-71-69-67-65-63-61-59-57-55-53-51-49-47-44-35-33-31-29-27-25-23-21-19-17-15-13-11-9-7-2/h8-11,14-17,20-23,26-29,32-35,47,49,53,55,59,61,78H,6-7,12-13,18-19,24-25,30-31,36-46,48,50-52,54,56-58,60,62-77H2,1-5H3/p+1/b10-8-,11-9-,16-14-,17-15-,22-20-,23-21-,28-26-,29-27-,34-32-,35-33-,49-47-,55-53-,61-59-. The summed E-state index contributed by atoms with van der Waals surface area (Å²) in [4.78, 5) is 35.9. The van der Waals surface area contributed by atoms with Gasteiger partial charge in [0.2, 0.25) is 0 Å². The van der Waals surface area contributed by atoms with E-state index in [1.807, 2.05) is 21.1 Å². The zero-order valence-corrected chi connectivity index (χ0v) is 59.2. The molecular weight excluding hydrogens is 1130 g/mol. The molecule has 2 atom stereocenters. The van der Waals surface area contributed by atoms with Gasteiger partial charge in [0, 0.05) is 12.8 Å². The molecule has 0 aromatic carbocycles. The topological polar surface area (TPSA) is 108 Å². The third-order valence-corrected chi connectivity index (χ3v) is 16.0. The van der Waals surface area contributed by atoms with Crippen LogP contribution in [-0.2, 0) is 32.7 Å². The highest BCUT2D eigenvalue weighted by molar-refractivity contribution is 7.47. The Hall–Kier alpha value is -4.37. The quantitative estimate of drug-likeness (QED) is 0.0211. The molecule has 90 heavy (non-hydrogen) atoms. The highest BCUT2D eigenvalue weighted by Gasteiger charge is 2.27. The van der Waals surface area contributed by atoms with Crippen molar-refractivity contribution < 1.29 is 42.1 Å². The number of hydrogen-bond acceptors (Lipinski definition) is 7. The minimum Gasteiger partial charge on any atom is -0.462 e. The highest BCUT2D eigenvalue weighted by Crippen LogP contribution is 2.43. The van der Waals surface area contributed by atoms with Gasteiger partial charge in [0.15, 0.2) is 6.10 Å². The first-order valence-corrected chi connectivity index (χ1v) is 37.7. The molecule has 0 aromatic heterocycles. The van der Waals surface area contributed by atoms with Crippen LogP contribution in [0.3, 0.4) is 0 Å². The van der Waals surface area contributed by atoms with E-state index in [0.717, 1.165) is 128 Å². The van der Waals surface area contributed by atoms with Crippen LogP contribution in [0.1, 0.15) is 284 Å². The average Bonchev–Trinajstić information content (AvgIpc) is 3.58. The van der Waals surface area contributed by atoms with Crippen molar-refractivity contribution in [3.8, 4) is 0 Å². The van der Waals surface area contributed by atoms with Crippen LogP contribution in [0.5, 0.6) is 0 Å². The number of carbonyl (C=O) groups excluding carboxylic acids is 2. The lowest BCUT2D eigenvalue weighted by atomic mass is 10.0. The van der Waals surface area contributed by atoms with Gasteiger partial charge in [-0.15, -0.1) is 0 Å². The zero-order valence-electron chi connectivity index (χ0n) is 58.3. The van der Waals surface area contributed by atoms with Crippen molar-refractivity contribution in [1.29, 1.82) is 0 Å². The number of rotatable bonds is 65. The number of allylic oxidation sites excluding steroid dienone is 26. The van der Waals surface area contributed by atoms with Crippen molar-refractivity contribution in [1.82, 2.24) is 0 Å². The number of phosphoric ester groups is 1. The third kappa shape index (κ3) is 72.7. The van der Waals surface area contributed by atoms with Crippen molar-refractivity contribution in [2.75, 3.05) is 47.5 Å². The Morgan fingerprint density at radius 3 is 0.889 bits per heavy atom. The molecule has 512 valence electrons. The first-order chi connectivity index (χ1) is 44.0. The van der Waals surface area contributed by atoms with Crippen LogP contribution >= 0.6 is 7.82 Å². The normalized spacial score (nSPS) is 14.1. The maximum atomic E-state index is 12.9. The van der Waals surface area contributed by atoms with Crippen LogP contribution in [0.4, 0.5) is 0 Å². The second kappa shape index (κ2) is 69.0. The summed E-state index contributed by atoms with van der Waals surface area (Å²) < 4.78 is 34.7. The lowest BCUT2D eigenvalue weighted by Crippen LogP contribution is -2.37. The second-order valence-corrected chi connectivity index (χ2v) is 26.3. The zero-order chi connectivity index (χ0) is 65.5. The van der Waals surface area contributed by atoms with E-state index >= 15 is 0 Å². The molecule has 0 saturated heterocycles. The predicted octanol–water partition coefficient (Wildman–Crippen LogP) is 23.9. The second-order valence-electron chi connectivity index (χ2n) is 24.9. The molecule has 0 amide bonds. The molecule has 0 heterocycles. The first kappa shape index (κ1) is 85.6. The largest absolute Gasteiger partial charge is 0.472 e. The number of carbonyl (C=O) groups is 2. The molecule has 0 saturated carbocycles. The summed E-state index contributed by atoms with van der Waals surface area (Å²) in [5, 5.41) is 0. The van der Waals surface area contributed by atoms with Gasteiger partial charge < -0.3 is 18.9 Å². The van der Waals surface area contributed by atoms with E-state index in [4.69, 9.17) is 18.5 Å². The molecule has 0 aromatic rings. The van der Waals surface area contributed by atoms with E-state index in [1.54, 1.807) is 0 Å². The van der Waals surface area contributed by atoms with E-state index in [1.165, 1.54) is 122 Å². The average molecular weight is 1270 g/mol. The van der Waals surface area contributed by atoms with E-state index < -0.39 is 26.5 Å². The highest BCUT2D eigenvalue weighted by atomic mass is 31.2. The van der Waals surface area contributed by atoms with Crippen LogP contribution in [0, 0.1) is 0 Å². The summed E-state index contributed by atoms with van der Waals surface area (Å²) in [6.45, 7) is 4.18. The fraction of sp³-hybridized carbons (Fsp3) is 0.650. The van der Waals surface area contributed by atoms with Gasteiger partial charge in [0.05, 0.1) is 27.7 Å². The monoisotopic (exact) mass is 1270 g/mol. The van der Waals surface area contributed by atoms with Crippen molar-refractivity contribution in [2.45, 2.75) is 290 Å². The minimum absolute atomic E-state index is 0.0196. The Balaban J connectivity index is 4.07. The molecule has 0 aliphatic rings. The van der Waals surface area contributed by atoms with Gasteiger partial charge in [-0.25, -0.2) is 4.57 Å². The SMILES string of the molecule is CC/C=C\C/C=C\C/C=C\C/C=C\C/C=C\C/C=C\C/C=C\C/C=C\CCCCCCC(=O)OC(COC(=O)CCCCCCCCCCCCCCCCCCCCCCC/C=C\C/C=C\C/C=C\C/C=C\C/C=C\CC)COP(=O)(O)OCC[N+](C)(C)C. The summed E-state index contributed by atoms with van der Waals surface area (Å²) in [5.74, 6) is -0.828. The molecule has 0 fully saturated rings. The molecule has 0 spiro atoms. The molecule has 0 aliphatic carbocycles. The molecule has 10 heteroatoms. The van der Waals surface area contributed by atoms with Crippen LogP contribution in [0.15, 0.2) is 158 Å². The number of nitrogens with zero attached hydrogens (tertiary/aromatic N) is 1. The molecular formula is C80H135NO8P+. The molecule has 1 N–H and O–H groups in total. The van der Waals surface area contributed by atoms with Crippen molar-refractivity contribution in [3.63, 3.8) is 0 Å². The summed E-state index contributed by atoms with van der Waals surface area (Å²) in [5.41, 5.74) is 0. The fourth-order valence-corrected chi connectivity index (χ4v) is 10.3. The number of ether oxygens (including phenoxy) is 2. The Kier molecular flexibility index (Phi) is 65.6. The number of esters is 2. The van der Waals surface area contributed by atoms with Gasteiger partial charge in [-0.1, -0.05) is 307 Å². The maximum absolute atomic E-state index is 12.9. The first-order valence-electron chi connectivity index (χ1n) is 36.2. The van der Waals surface area contributed by atoms with Gasteiger partial charge in [0.1, 0.15) is 19.8 Å². The van der Waals surface area contributed by atoms with Crippen LogP contribution in [-0.4, -0.2) is 74.9 Å². The van der Waals surface area contributed by atoms with Crippen LogP contribution in [0.2, 0.25) is 0 Å². The summed E-state index contributed by atoms with van der Waals surface area (Å²) in [7, 11) is 1.45. The van der Waals surface area contributed by atoms with Gasteiger partial charge in [-0.05, 0) is 122 Å². The molecule has 0 bridgehead atoms. The number of quaternary nitrogens is 1.